The summed E-state index contributed by atoms with van der Waals surface area (Å²) >= 11 is 0. The highest BCUT2D eigenvalue weighted by atomic mass is 16.3. The minimum absolute atomic E-state index is 0.637. The van der Waals surface area contributed by atoms with Crippen LogP contribution in [0.5, 0.6) is 0 Å². The molecule has 4 aromatic rings. The summed E-state index contributed by atoms with van der Waals surface area (Å²) in [4.78, 5) is 8.81. The van der Waals surface area contributed by atoms with Gasteiger partial charge in [-0.3, -0.25) is 4.98 Å². The number of aliphatic hydroxyl groups is 1. The Balaban J connectivity index is 1.87. The molecule has 0 bridgehead atoms. The van der Waals surface area contributed by atoms with Crippen molar-refractivity contribution in [1.29, 1.82) is 0 Å². The van der Waals surface area contributed by atoms with Crippen LogP contribution in [0, 0.1) is 0 Å². The molecular formula is C17H13N3O. The normalized spacial score (nSPS) is 12.8. The topological polar surface area (TPSA) is 50.4 Å². The molecule has 3 heterocycles. The summed E-state index contributed by atoms with van der Waals surface area (Å²) in [7, 11) is 0. The van der Waals surface area contributed by atoms with Crippen LogP contribution in [0.25, 0.3) is 16.6 Å². The van der Waals surface area contributed by atoms with Crippen LogP contribution in [0.2, 0.25) is 0 Å². The van der Waals surface area contributed by atoms with E-state index < -0.39 is 6.10 Å². The van der Waals surface area contributed by atoms with Crippen molar-refractivity contribution in [2.45, 2.75) is 6.10 Å². The van der Waals surface area contributed by atoms with Crippen molar-refractivity contribution >= 4 is 16.6 Å². The molecule has 0 radical (unpaired) electrons. The third kappa shape index (κ3) is 1.97. The van der Waals surface area contributed by atoms with Crippen LogP contribution in [0.15, 0.2) is 67.1 Å². The first-order valence-electron chi connectivity index (χ1n) is 6.78. The molecule has 0 aliphatic heterocycles. The van der Waals surface area contributed by atoms with Crippen molar-refractivity contribution in [3.63, 3.8) is 0 Å². The van der Waals surface area contributed by atoms with Crippen LogP contribution in [-0.2, 0) is 0 Å². The average Bonchev–Trinajstić information content (AvgIpc) is 2.97. The van der Waals surface area contributed by atoms with Gasteiger partial charge in [0, 0.05) is 24.0 Å². The molecule has 1 N–H and O–H groups in total. The minimum Gasteiger partial charge on any atom is -0.382 e. The molecule has 4 rings (SSSR count). The van der Waals surface area contributed by atoms with Gasteiger partial charge in [-0.05, 0) is 29.8 Å². The summed E-state index contributed by atoms with van der Waals surface area (Å²) in [5, 5.41) is 11.6. The van der Waals surface area contributed by atoms with Crippen LogP contribution in [0.3, 0.4) is 0 Å². The predicted molar refractivity (Wildman–Crippen MR) is 81.0 cm³/mol. The van der Waals surface area contributed by atoms with Gasteiger partial charge in [0.25, 0.3) is 0 Å². The first-order chi connectivity index (χ1) is 10.3. The third-order valence-corrected chi connectivity index (χ3v) is 3.64. The summed E-state index contributed by atoms with van der Waals surface area (Å²) in [5.74, 6) is 0. The van der Waals surface area contributed by atoms with E-state index in [4.69, 9.17) is 0 Å². The molecule has 0 saturated carbocycles. The van der Waals surface area contributed by atoms with Crippen molar-refractivity contribution in [2.24, 2.45) is 0 Å². The fraction of sp³-hybridized carbons (Fsp3) is 0.0588. The molecular weight excluding hydrogens is 262 g/mol. The highest BCUT2D eigenvalue weighted by Crippen LogP contribution is 2.27. The molecule has 0 aliphatic rings. The van der Waals surface area contributed by atoms with Gasteiger partial charge in [-0.1, -0.05) is 24.3 Å². The second-order valence-corrected chi connectivity index (χ2v) is 4.95. The number of fused-ring (bicyclic) bond motifs is 2. The summed E-state index contributed by atoms with van der Waals surface area (Å²) in [6.07, 6.45) is 4.76. The first kappa shape index (κ1) is 12.1. The Morgan fingerprint density at radius 1 is 1.00 bits per heavy atom. The van der Waals surface area contributed by atoms with Crippen molar-refractivity contribution in [1.82, 2.24) is 14.4 Å². The van der Waals surface area contributed by atoms with Crippen molar-refractivity contribution in [2.75, 3.05) is 0 Å². The molecule has 1 unspecified atom stereocenters. The van der Waals surface area contributed by atoms with E-state index in [0.717, 1.165) is 22.1 Å². The molecule has 0 saturated heterocycles. The SMILES string of the molecule is OC(c1cn2ccccc2n1)c1cccc2ncccc12. The minimum atomic E-state index is -0.766. The number of aliphatic hydroxyl groups excluding tert-OH is 1. The molecule has 0 amide bonds. The number of hydrogen-bond donors (Lipinski definition) is 1. The van der Waals surface area contributed by atoms with Gasteiger partial charge in [0.2, 0.25) is 0 Å². The van der Waals surface area contributed by atoms with E-state index in [9.17, 15) is 5.11 Å². The molecule has 4 nitrogen and oxygen atoms in total. The fourth-order valence-corrected chi connectivity index (χ4v) is 2.61. The van der Waals surface area contributed by atoms with Crippen LogP contribution in [0.4, 0.5) is 0 Å². The van der Waals surface area contributed by atoms with Gasteiger partial charge in [-0.2, -0.15) is 0 Å². The number of nitrogens with zero attached hydrogens (tertiary/aromatic N) is 3. The number of imidazole rings is 1. The van der Waals surface area contributed by atoms with E-state index in [-0.39, 0.29) is 0 Å². The van der Waals surface area contributed by atoms with Crippen LogP contribution in [-0.4, -0.2) is 19.5 Å². The Bertz CT molecular complexity index is 891. The maximum Gasteiger partial charge on any atom is 0.137 e. The Morgan fingerprint density at radius 3 is 2.86 bits per heavy atom. The quantitative estimate of drug-likeness (QED) is 0.612. The number of aromatic nitrogens is 3. The summed E-state index contributed by atoms with van der Waals surface area (Å²) in [6, 6.07) is 15.4. The predicted octanol–water partition coefficient (Wildman–Crippen LogP) is 2.96. The zero-order valence-electron chi connectivity index (χ0n) is 11.2. The van der Waals surface area contributed by atoms with E-state index in [1.807, 2.05) is 65.3 Å². The van der Waals surface area contributed by atoms with E-state index in [0.29, 0.717) is 5.69 Å². The maximum atomic E-state index is 10.7. The zero-order chi connectivity index (χ0) is 14.2. The largest absolute Gasteiger partial charge is 0.382 e. The fourth-order valence-electron chi connectivity index (χ4n) is 2.61. The molecule has 3 aromatic heterocycles. The Labute approximate surface area is 121 Å². The molecule has 0 aliphatic carbocycles. The lowest BCUT2D eigenvalue weighted by Gasteiger charge is -2.11. The van der Waals surface area contributed by atoms with Gasteiger partial charge in [0.05, 0.1) is 11.2 Å². The first-order valence-corrected chi connectivity index (χ1v) is 6.78. The molecule has 1 atom stereocenters. The average molecular weight is 275 g/mol. The number of benzene rings is 1. The van der Waals surface area contributed by atoms with E-state index in [2.05, 4.69) is 9.97 Å². The zero-order valence-corrected chi connectivity index (χ0v) is 11.2. The lowest BCUT2D eigenvalue weighted by Crippen LogP contribution is -2.01. The number of hydrogen-bond acceptors (Lipinski definition) is 3. The molecule has 0 fully saturated rings. The monoisotopic (exact) mass is 275 g/mol. The molecule has 0 spiro atoms. The smallest absolute Gasteiger partial charge is 0.137 e. The Kier molecular flexibility index (Phi) is 2.69. The second kappa shape index (κ2) is 4.68. The Morgan fingerprint density at radius 2 is 1.95 bits per heavy atom. The van der Waals surface area contributed by atoms with Crippen molar-refractivity contribution in [3.8, 4) is 0 Å². The maximum absolute atomic E-state index is 10.7. The van der Waals surface area contributed by atoms with Gasteiger partial charge in [-0.25, -0.2) is 4.98 Å². The molecule has 4 heteroatoms. The van der Waals surface area contributed by atoms with Gasteiger partial charge >= 0.3 is 0 Å². The van der Waals surface area contributed by atoms with Gasteiger partial charge < -0.3 is 9.51 Å². The van der Waals surface area contributed by atoms with Gasteiger partial charge in [0.1, 0.15) is 11.8 Å². The van der Waals surface area contributed by atoms with Crippen molar-refractivity contribution < 1.29 is 5.11 Å². The van der Waals surface area contributed by atoms with E-state index in [1.165, 1.54) is 0 Å². The summed E-state index contributed by atoms with van der Waals surface area (Å²) < 4.78 is 1.90. The Hall–Kier alpha value is -2.72. The highest BCUT2D eigenvalue weighted by Gasteiger charge is 2.16. The van der Waals surface area contributed by atoms with Crippen molar-refractivity contribution in [3.05, 3.63) is 78.4 Å². The molecule has 1 aromatic carbocycles. The lowest BCUT2D eigenvalue weighted by molar-refractivity contribution is 0.217. The number of rotatable bonds is 2. The van der Waals surface area contributed by atoms with E-state index >= 15 is 0 Å². The summed E-state index contributed by atoms with van der Waals surface area (Å²) in [6.45, 7) is 0. The van der Waals surface area contributed by atoms with Gasteiger partial charge in [-0.15, -0.1) is 0 Å². The standard InChI is InChI=1S/C17H13N3O/c21-17(15-11-20-10-2-1-8-16(20)19-15)13-5-3-7-14-12(13)6-4-9-18-14/h1-11,17,21H. The van der Waals surface area contributed by atoms with Crippen LogP contribution < -0.4 is 0 Å². The second-order valence-electron chi connectivity index (χ2n) is 4.95. The lowest BCUT2D eigenvalue weighted by atomic mass is 10.0. The summed E-state index contributed by atoms with van der Waals surface area (Å²) in [5.41, 5.74) is 3.16. The highest BCUT2D eigenvalue weighted by molar-refractivity contribution is 5.82. The van der Waals surface area contributed by atoms with E-state index in [1.54, 1.807) is 6.20 Å². The van der Waals surface area contributed by atoms with Gasteiger partial charge in [0.15, 0.2) is 0 Å². The van der Waals surface area contributed by atoms with Crippen LogP contribution >= 0.6 is 0 Å². The molecule has 102 valence electrons. The number of pyridine rings is 2. The third-order valence-electron chi connectivity index (χ3n) is 3.64. The molecule has 21 heavy (non-hydrogen) atoms. The van der Waals surface area contributed by atoms with Crippen LogP contribution in [0.1, 0.15) is 17.4 Å².